The molecule has 0 spiro atoms. The molecule has 6 rings (SSSR count). The molecule has 0 aromatic heterocycles. The van der Waals surface area contributed by atoms with Gasteiger partial charge in [-0.05, 0) is 56.3 Å². The van der Waals surface area contributed by atoms with E-state index < -0.39 is 12.1 Å². The quantitative estimate of drug-likeness (QED) is 0.518. The van der Waals surface area contributed by atoms with Crippen molar-refractivity contribution in [2.75, 3.05) is 6.54 Å². The van der Waals surface area contributed by atoms with E-state index >= 15 is 0 Å². The highest BCUT2D eigenvalue weighted by atomic mass is 16.5. The van der Waals surface area contributed by atoms with E-state index in [4.69, 9.17) is 4.74 Å². The van der Waals surface area contributed by atoms with Gasteiger partial charge in [-0.1, -0.05) is 60.7 Å². The number of benzene rings is 2. The number of rotatable bonds is 7. The number of hydrogen-bond acceptors (Lipinski definition) is 4. The first-order chi connectivity index (χ1) is 15.5. The van der Waals surface area contributed by atoms with Gasteiger partial charge in [0.1, 0.15) is 6.54 Å². The lowest BCUT2D eigenvalue weighted by Crippen LogP contribution is -2.54. The molecule has 5 heteroatoms. The second-order valence-corrected chi connectivity index (χ2v) is 9.89. The Labute approximate surface area is 188 Å². The van der Waals surface area contributed by atoms with Crippen LogP contribution in [0.4, 0.5) is 0 Å². The number of ether oxygens (including phenoxy) is 1. The maximum atomic E-state index is 13.1. The van der Waals surface area contributed by atoms with Crippen molar-refractivity contribution < 1.29 is 19.1 Å². The highest BCUT2D eigenvalue weighted by Gasteiger charge is 2.54. The Morgan fingerprint density at radius 2 is 1.38 bits per heavy atom. The van der Waals surface area contributed by atoms with E-state index in [0.29, 0.717) is 28.9 Å². The Balaban J connectivity index is 1.25. The van der Waals surface area contributed by atoms with Crippen molar-refractivity contribution in [1.82, 2.24) is 5.32 Å². The van der Waals surface area contributed by atoms with E-state index in [-0.39, 0.29) is 23.7 Å². The number of carbonyl (C=O) groups excluding carboxylic acids is 3. The third-order valence-electron chi connectivity index (χ3n) is 7.56. The minimum atomic E-state index is -1.04. The predicted molar refractivity (Wildman–Crippen MR) is 120 cm³/mol. The van der Waals surface area contributed by atoms with Gasteiger partial charge in [-0.2, -0.15) is 0 Å². The predicted octanol–water partition coefficient (Wildman–Crippen LogP) is 4.49. The molecular weight excluding hydrogens is 402 g/mol. The van der Waals surface area contributed by atoms with Crippen LogP contribution in [0.15, 0.2) is 60.7 Å². The van der Waals surface area contributed by atoms with Crippen molar-refractivity contribution in [2.45, 2.75) is 44.6 Å². The number of carbonyl (C=O) groups is 3. The average molecular weight is 432 g/mol. The zero-order valence-electron chi connectivity index (χ0n) is 18.2. The summed E-state index contributed by atoms with van der Waals surface area (Å²) in [5, 5.41) is 2.85. The van der Waals surface area contributed by atoms with E-state index in [1.807, 2.05) is 24.3 Å². The largest absolute Gasteiger partial charge is 0.448 e. The van der Waals surface area contributed by atoms with Gasteiger partial charge in [0.05, 0.1) is 0 Å². The van der Waals surface area contributed by atoms with Crippen LogP contribution in [-0.4, -0.2) is 24.2 Å². The van der Waals surface area contributed by atoms with E-state index in [9.17, 15) is 14.4 Å². The molecule has 2 aromatic carbocycles. The first kappa shape index (κ1) is 20.9. The molecule has 1 amide bonds. The van der Waals surface area contributed by atoms with Gasteiger partial charge in [0.2, 0.25) is 11.7 Å². The van der Waals surface area contributed by atoms with E-state index in [1.165, 1.54) is 19.3 Å². The summed E-state index contributed by atoms with van der Waals surface area (Å²) in [5.41, 5.74) is 0.780. The molecule has 5 nitrogen and oxygen atoms in total. The Hall–Kier alpha value is -2.95. The van der Waals surface area contributed by atoms with Crippen molar-refractivity contribution in [1.29, 1.82) is 0 Å². The van der Waals surface area contributed by atoms with Crippen LogP contribution in [0.2, 0.25) is 0 Å². The molecule has 2 aromatic rings. The minimum Gasteiger partial charge on any atom is -0.448 e. The normalized spacial score (nSPS) is 28.7. The van der Waals surface area contributed by atoms with E-state index in [1.54, 1.807) is 36.4 Å². The summed E-state index contributed by atoms with van der Waals surface area (Å²) in [4.78, 5) is 38.9. The Morgan fingerprint density at radius 3 is 1.94 bits per heavy atom. The molecule has 4 aliphatic rings. The number of hydrogen-bond donors (Lipinski definition) is 1. The molecule has 0 aliphatic heterocycles. The lowest BCUT2D eigenvalue weighted by Gasteiger charge is -2.55. The highest BCUT2D eigenvalue weighted by Crippen LogP contribution is 2.60. The molecule has 1 N–H and O–H groups in total. The van der Waals surface area contributed by atoms with Crippen LogP contribution in [0.1, 0.15) is 60.6 Å². The molecular formula is C27H29NO4. The highest BCUT2D eigenvalue weighted by molar-refractivity contribution is 6.01. The molecule has 4 aliphatic carbocycles. The minimum absolute atomic E-state index is 0.0146. The van der Waals surface area contributed by atoms with E-state index in [2.05, 4.69) is 5.32 Å². The van der Waals surface area contributed by atoms with Crippen molar-refractivity contribution in [3.8, 4) is 0 Å². The number of ketones is 1. The average Bonchev–Trinajstić information content (AvgIpc) is 2.81. The standard InChI is InChI=1S/C27H29NO4/c29-23(17-28-26(31)27-14-18-11-19(15-27)13-20(12-18)16-27)32-25(22-9-5-2-6-10-22)24(30)21-7-3-1-4-8-21/h1-10,18-20,25H,11-17H2,(H,28,31). The fourth-order valence-electron chi connectivity index (χ4n) is 6.56. The maximum Gasteiger partial charge on any atom is 0.326 e. The first-order valence-corrected chi connectivity index (χ1v) is 11.6. The van der Waals surface area contributed by atoms with Gasteiger partial charge in [0.25, 0.3) is 0 Å². The van der Waals surface area contributed by atoms with Gasteiger partial charge in [-0.25, -0.2) is 0 Å². The molecule has 32 heavy (non-hydrogen) atoms. The topological polar surface area (TPSA) is 72.5 Å². The van der Waals surface area contributed by atoms with Crippen LogP contribution in [0.5, 0.6) is 0 Å². The first-order valence-electron chi connectivity index (χ1n) is 11.6. The van der Waals surface area contributed by atoms with Gasteiger partial charge < -0.3 is 10.1 Å². The van der Waals surface area contributed by atoms with Gasteiger partial charge in [0, 0.05) is 16.5 Å². The van der Waals surface area contributed by atoms with Crippen molar-refractivity contribution in [3.63, 3.8) is 0 Å². The van der Waals surface area contributed by atoms with Gasteiger partial charge >= 0.3 is 5.97 Å². The van der Waals surface area contributed by atoms with Crippen LogP contribution < -0.4 is 5.32 Å². The zero-order chi connectivity index (χ0) is 22.1. The summed E-state index contributed by atoms with van der Waals surface area (Å²) in [5.74, 6) is 1.08. The summed E-state index contributed by atoms with van der Waals surface area (Å²) in [7, 11) is 0. The SMILES string of the molecule is O=C(CNC(=O)C12CC3CC(CC(C3)C1)C2)OC(C(=O)c1ccccc1)c1ccccc1. The van der Waals surface area contributed by atoms with Crippen LogP contribution in [0.3, 0.4) is 0 Å². The molecule has 0 heterocycles. The van der Waals surface area contributed by atoms with Crippen molar-refractivity contribution >= 4 is 17.7 Å². The summed E-state index contributed by atoms with van der Waals surface area (Å²) >= 11 is 0. The Kier molecular flexibility index (Phi) is 5.58. The van der Waals surface area contributed by atoms with Crippen molar-refractivity contribution in [2.24, 2.45) is 23.2 Å². The number of esters is 1. The molecule has 0 radical (unpaired) electrons. The second kappa shape index (κ2) is 8.53. The molecule has 166 valence electrons. The van der Waals surface area contributed by atoms with E-state index in [0.717, 1.165) is 19.3 Å². The fraction of sp³-hybridized carbons (Fsp3) is 0.444. The number of Topliss-reactive ketones (excluding diaryl/α,β-unsaturated/α-hetero) is 1. The Morgan fingerprint density at radius 1 is 0.844 bits per heavy atom. The number of nitrogens with one attached hydrogen (secondary N) is 1. The molecule has 1 atom stereocenters. The summed E-state index contributed by atoms with van der Waals surface area (Å²) in [6.07, 6.45) is 5.57. The summed E-state index contributed by atoms with van der Waals surface area (Å²) in [6.45, 7) is -0.216. The molecule has 4 fully saturated rings. The Bertz CT molecular complexity index is 966. The third kappa shape index (κ3) is 4.08. The smallest absolute Gasteiger partial charge is 0.326 e. The summed E-state index contributed by atoms with van der Waals surface area (Å²) in [6, 6.07) is 17.8. The zero-order valence-corrected chi connectivity index (χ0v) is 18.2. The lowest BCUT2D eigenvalue weighted by molar-refractivity contribution is -0.152. The third-order valence-corrected chi connectivity index (χ3v) is 7.56. The van der Waals surface area contributed by atoms with Crippen LogP contribution in [0.25, 0.3) is 0 Å². The number of amides is 1. The van der Waals surface area contributed by atoms with Gasteiger partial charge in [0.15, 0.2) is 6.10 Å². The lowest BCUT2D eigenvalue weighted by atomic mass is 9.49. The summed E-state index contributed by atoms with van der Waals surface area (Å²) < 4.78 is 5.62. The van der Waals surface area contributed by atoms with Gasteiger partial charge in [-0.3, -0.25) is 14.4 Å². The van der Waals surface area contributed by atoms with Crippen LogP contribution >= 0.6 is 0 Å². The second-order valence-electron chi connectivity index (χ2n) is 9.89. The fourth-order valence-corrected chi connectivity index (χ4v) is 6.56. The molecule has 4 bridgehead atoms. The molecule has 0 saturated heterocycles. The monoisotopic (exact) mass is 431 g/mol. The van der Waals surface area contributed by atoms with Crippen molar-refractivity contribution in [3.05, 3.63) is 71.8 Å². The maximum absolute atomic E-state index is 13.1. The van der Waals surface area contributed by atoms with Gasteiger partial charge in [-0.15, -0.1) is 0 Å². The van der Waals surface area contributed by atoms with Crippen LogP contribution in [-0.2, 0) is 14.3 Å². The van der Waals surface area contributed by atoms with Crippen LogP contribution in [0, 0.1) is 23.2 Å². The molecule has 1 unspecified atom stereocenters. The molecule has 4 saturated carbocycles.